The summed E-state index contributed by atoms with van der Waals surface area (Å²) in [5.74, 6) is -20.4. The summed E-state index contributed by atoms with van der Waals surface area (Å²) in [4.78, 5) is 250. The van der Waals surface area contributed by atoms with Crippen molar-refractivity contribution in [2.75, 3.05) is 48.4 Å². The van der Waals surface area contributed by atoms with Gasteiger partial charge in [-0.25, -0.2) is 4.79 Å². The first-order valence-electron chi connectivity index (χ1n) is 40.9. The number of carboxylic acid groups (broad SMARTS) is 3. The number of H-pyrrole nitrogens is 1. The molecule has 40 nitrogen and oxygen atoms in total. The lowest BCUT2D eigenvalue weighted by atomic mass is 9.96. The SMILES string of the molecule is CC[C@H](C)[C@H](NC(=O)[C@H](CC(=O)O)NC(=O)[C@@H](N)CC(C)C)C(=O)N[C@@H](Cc1c[nH]c2ccccc12)C(=O)N[C@@H](CCC(=O)O)C(=O)N[C@@H](CCSC)C(=O)N[C@@H](CCSC)C(=O)N[C@@H](CCSC)C(=O)N[C@H](C(=O)N[C@@H](CO)C(=O)N[C@@H](CC(C)C)C(=O)N[C@@H](C)C(=O)N[C@@H](CS)C(=O)N[C@@H](CCC(N)=O)C(=O)N[C@@H](Cc1ccc(O)cc1)C(=O)O)C(C)C. The number of aliphatic hydroxyl groups excluding tert-OH is 1. The van der Waals surface area contributed by atoms with Gasteiger partial charge in [-0.15, -0.1) is 0 Å². The summed E-state index contributed by atoms with van der Waals surface area (Å²) in [5, 5.41) is 85.8. The molecule has 44 heteroatoms. The number of benzene rings is 2. The molecular weight excluding hydrogens is 1710 g/mol. The molecule has 3 rings (SSSR count). The minimum atomic E-state index is -1.78. The van der Waals surface area contributed by atoms with Crippen LogP contribution in [0.25, 0.3) is 10.9 Å². The highest BCUT2D eigenvalue weighted by molar-refractivity contribution is 7.99. The van der Waals surface area contributed by atoms with E-state index < -0.39 is 253 Å². The molecule has 15 amide bonds. The molecule has 0 aliphatic heterocycles. The van der Waals surface area contributed by atoms with E-state index in [2.05, 4.69) is 92.0 Å². The lowest BCUT2D eigenvalue weighted by Crippen LogP contribution is -2.62. The molecule has 0 fully saturated rings. The molecule has 696 valence electrons. The van der Waals surface area contributed by atoms with Gasteiger partial charge in [-0.1, -0.05) is 92.1 Å². The minimum Gasteiger partial charge on any atom is -0.508 e. The Kier molecular flexibility index (Phi) is 48.6. The number of para-hydroxylation sites is 1. The predicted molar refractivity (Wildman–Crippen MR) is 473 cm³/mol. The van der Waals surface area contributed by atoms with Crippen LogP contribution in [0.1, 0.15) is 144 Å². The number of rotatable bonds is 59. The molecular formula is C81H125N17O23S4. The second-order valence-electron chi connectivity index (χ2n) is 31.4. The van der Waals surface area contributed by atoms with E-state index in [1.54, 1.807) is 105 Å². The van der Waals surface area contributed by atoms with Gasteiger partial charge in [-0.3, -0.25) is 81.5 Å². The number of thiol groups is 1. The number of nitrogens with one attached hydrogen (secondary N) is 15. The normalized spacial score (nSPS) is 15.2. The van der Waals surface area contributed by atoms with Crippen LogP contribution in [-0.4, -0.2) is 276 Å². The maximum absolute atomic E-state index is 14.9. The number of aliphatic hydroxyl groups is 1. The number of thioether (sulfide) groups is 3. The van der Waals surface area contributed by atoms with E-state index in [-0.39, 0.29) is 86.2 Å². The molecule has 0 radical (unpaired) electrons. The summed E-state index contributed by atoms with van der Waals surface area (Å²) < 4.78 is 0. The van der Waals surface area contributed by atoms with E-state index >= 15 is 0 Å². The lowest BCUT2D eigenvalue weighted by molar-refractivity contribution is -0.142. The van der Waals surface area contributed by atoms with Crippen molar-refractivity contribution in [3.05, 3.63) is 65.9 Å². The van der Waals surface area contributed by atoms with Crippen molar-refractivity contribution in [3.8, 4) is 5.75 Å². The molecule has 1 heterocycles. The first-order valence-corrected chi connectivity index (χ1v) is 45.7. The number of hydrogen-bond acceptors (Lipinski definition) is 25. The number of aromatic nitrogens is 1. The Hall–Kier alpha value is -10.4. The van der Waals surface area contributed by atoms with Gasteiger partial charge in [0.2, 0.25) is 88.6 Å². The van der Waals surface area contributed by atoms with Crippen LogP contribution >= 0.6 is 47.9 Å². The summed E-state index contributed by atoms with van der Waals surface area (Å²) >= 11 is 8.05. The Balaban J connectivity index is 1.88. The van der Waals surface area contributed by atoms with E-state index in [0.29, 0.717) is 22.0 Å². The van der Waals surface area contributed by atoms with E-state index in [1.807, 2.05) is 0 Å². The molecule has 0 spiro atoms. The quantitative estimate of drug-likeness (QED) is 0.0285. The third-order valence-electron chi connectivity index (χ3n) is 19.9. The maximum Gasteiger partial charge on any atom is 0.326 e. The predicted octanol–water partition coefficient (Wildman–Crippen LogP) is -1.54. The molecule has 3 aromatic rings. The number of hydrogen-bond donors (Lipinski definition) is 23. The second kappa shape index (κ2) is 55.8. The molecule has 16 atom stereocenters. The number of carbonyl (C=O) groups excluding carboxylic acids is 15. The average Bonchev–Trinajstić information content (AvgIpc) is 1.69. The Labute approximate surface area is 744 Å². The number of nitrogens with two attached hydrogens (primary N) is 2. The molecule has 0 saturated heterocycles. The zero-order chi connectivity index (χ0) is 94.1. The number of primary amides is 1. The van der Waals surface area contributed by atoms with Crippen molar-refractivity contribution in [2.45, 2.75) is 236 Å². The first-order chi connectivity index (χ1) is 58.9. The van der Waals surface area contributed by atoms with Gasteiger partial charge >= 0.3 is 17.9 Å². The van der Waals surface area contributed by atoms with Crippen LogP contribution in [-0.2, 0) is 99.1 Å². The van der Waals surface area contributed by atoms with Crippen molar-refractivity contribution in [1.29, 1.82) is 0 Å². The van der Waals surface area contributed by atoms with E-state index in [4.69, 9.17) is 11.5 Å². The van der Waals surface area contributed by atoms with Gasteiger partial charge in [0.05, 0.1) is 19.1 Å². The van der Waals surface area contributed by atoms with Gasteiger partial charge < -0.3 is 116 Å². The molecule has 2 aromatic carbocycles. The van der Waals surface area contributed by atoms with Crippen LogP contribution in [0.15, 0.2) is 54.7 Å². The van der Waals surface area contributed by atoms with Crippen molar-refractivity contribution in [2.24, 2.45) is 35.1 Å². The summed E-state index contributed by atoms with van der Waals surface area (Å²) in [6.07, 6.45) is 3.36. The first kappa shape index (κ1) is 109. The van der Waals surface area contributed by atoms with Crippen molar-refractivity contribution in [1.82, 2.24) is 79.4 Å². The van der Waals surface area contributed by atoms with E-state index in [1.165, 1.54) is 66.5 Å². The molecule has 0 bridgehead atoms. The lowest BCUT2D eigenvalue weighted by Gasteiger charge is -2.29. The highest BCUT2D eigenvalue weighted by Gasteiger charge is 2.40. The zero-order valence-electron chi connectivity index (χ0n) is 72.3. The summed E-state index contributed by atoms with van der Waals surface area (Å²) in [5.41, 5.74) is 12.9. The van der Waals surface area contributed by atoms with Crippen LogP contribution in [0.4, 0.5) is 0 Å². The van der Waals surface area contributed by atoms with Gasteiger partial charge in [0.15, 0.2) is 0 Å². The Morgan fingerprint density at radius 1 is 0.432 bits per heavy atom. The number of amides is 15. The molecule has 0 saturated carbocycles. The van der Waals surface area contributed by atoms with Crippen LogP contribution in [0.2, 0.25) is 0 Å². The maximum atomic E-state index is 14.9. The zero-order valence-corrected chi connectivity index (χ0v) is 75.6. The van der Waals surface area contributed by atoms with E-state index in [0.717, 1.165) is 0 Å². The monoisotopic (exact) mass is 1830 g/mol. The fourth-order valence-electron chi connectivity index (χ4n) is 12.6. The molecule has 0 unspecified atom stereocenters. The number of fused-ring (bicyclic) bond motifs is 1. The average molecular weight is 1830 g/mol. The third kappa shape index (κ3) is 38.5. The van der Waals surface area contributed by atoms with Gasteiger partial charge in [-0.2, -0.15) is 47.9 Å². The molecule has 24 N–H and O–H groups in total. The van der Waals surface area contributed by atoms with Crippen LogP contribution in [0.3, 0.4) is 0 Å². The van der Waals surface area contributed by atoms with Crippen LogP contribution in [0, 0.1) is 23.7 Å². The van der Waals surface area contributed by atoms with E-state index in [9.17, 15) is 112 Å². The fourth-order valence-corrected chi connectivity index (χ4v) is 14.3. The topological polar surface area (TPSA) is 645 Å². The number of phenolic OH excluding ortho intramolecular Hbond substituents is 1. The van der Waals surface area contributed by atoms with Gasteiger partial charge in [0.1, 0.15) is 90.3 Å². The molecule has 0 aliphatic rings. The van der Waals surface area contributed by atoms with Gasteiger partial charge in [0.25, 0.3) is 0 Å². The number of aromatic hydroxyl groups is 1. The smallest absolute Gasteiger partial charge is 0.326 e. The summed E-state index contributed by atoms with van der Waals surface area (Å²) in [7, 11) is 0. The third-order valence-corrected chi connectivity index (χ3v) is 22.2. The Morgan fingerprint density at radius 3 is 1.30 bits per heavy atom. The summed E-state index contributed by atoms with van der Waals surface area (Å²) in [6, 6.07) is -10.2. The number of phenols is 1. The Morgan fingerprint density at radius 2 is 0.840 bits per heavy atom. The highest BCUT2D eigenvalue weighted by Crippen LogP contribution is 2.22. The van der Waals surface area contributed by atoms with Crippen molar-refractivity contribution in [3.63, 3.8) is 0 Å². The van der Waals surface area contributed by atoms with Gasteiger partial charge in [0, 0.05) is 48.5 Å². The van der Waals surface area contributed by atoms with Crippen LogP contribution < -0.4 is 85.9 Å². The largest absolute Gasteiger partial charge is 0.508 e. The minimum absolute atomic E-state index is 0.0448. The van der Waals surface area contributed by atoms with Gasteiger partial charge in [-0.05, 0) is 141 Å². The van der Waals surface area contributed by atoms with Crippen LogP contribution in [0.5, 0.6) is 5.75 Å². The number of carbonyl (C=O) groups is 18. The number of aliphatic carboxylic acids is 3. The fraction of sp³-hybridized carbons (Fsp3) is 0.605. The number of aromatic amines is 1. The standard InChI is InChI=1S/C81H125N17O23S4/c1-13-43(8)66(98-76(115)58(36-64(104)105)91-68(107)49(82)32-40(2)3)80(119)93-57(35-46-37-84-50-17-15-14-16-48(46)50)75(114)86-52(23-25-63(102)103)69(108)88-53(26-29-123-10)71(110)89-54(27-30-124-11)72(111)90-55(28-31-125-12)73(112)97-65(42(6)7)79(118)95-60(38-99)77(116)92-56(33-41(4)5)74(113)85-44(9)67(106)96-61(39-122)78(117)87-51(22-24-62(83)101)70(109)94-59(81(120)121)34-45-18-20-47(100)21-19-45/h14-21,37,40-44,49,51-61,65-66,84,99-100,122H,13,22-36,38-39,82H2,1-12H3,(H2,83,101)(H,85,113)(H,86,114)(H,87,117)(H,88,108)(H,89,110)(H,90,111)(H,91,107)(H,92,116)(H,93,119)(H,94,109)(H,95,118)(H,96,106)(H,97,112)(H,98,115)(H,102,103)(H,104,105)(H,120,121)/t43-,44-,49-,51-,52-,53-,54-,55-,56-,57-,58-,59-,60-,61-,65-,66-/m0/s1. The summed E-state index contributed by atoms with van der Waals surface area (Å²) in [6.45, 7) is 13.6. The number of carboxylic acids is 3. The second-order valence-corrected chi connectivity index (χ2v) is 34.7. The van der Waals surface area contributed by atoms with Crippen molar-refractivity contribution >= 4 is 165 Å². The highest BCUT2D eigenvalue weighted by atomic mass is 32.2. The van der Waals surface area contributed by atoms with Crippen molar-refractivity contribution < 1.29 is 112 Å². The molecule has 0 aliphatic carbocycles. The Bertz CT molecular complexity index is 4160. The molecule has 125 heavy (non-hydrogen) atoms. The molecule has 1 aromatic heterocycles.